The van der Waals surface area contributed by atoms with E-state index in [1.165, 1.54) is 0 Å². The summed E-state index contributed by atoms with van der Waals surface area (Å²) in [4.78, 5) is 4.33. The molecule has 0 radical (unpaired) electrons. The Balaban J connectivity index is 2.00. The van der Waals surface area contributed by atoms with Gasteiger partial charge in [0.25, 0.3) is 5.89 Å². The van der Waals surface area contributed by atoms with Crippen molar-refractivity contribution in [1.82, 2.24) is 10.1 Å². The van der Waals surface area contributed by atoms with Crippen molar-refractivity contribution in [1.29, 1.82) is 0 Å². The summed E-state index contributed by atoms with van der Waals surface area (Å²) in [6, 6.07) is 11.4. The molecule has 0 atom stereocenters. The van der Waals surface area contributed by atoms with Gasteiger partial charge in [-0.05, 0) is 28.7 Å². The molecule has 4 nitrogen and oxygen atoms in total. The van der Waals surface area contributed by atoms with Gasteiger partial charge in [0.15, 0.2) is 5.82 Å². The number of aromatic nitrogens is 2. The SMILES string of the molecule is CCSCc1noc(-c2cc3ccccc3cc2O)n1. The lowest BCUT2D eigenvalue weighted by molar-refractivity contribution is 0.420. The summed E-state index contributed by atoms with van der Waals surface area (Å²) in [5.41, 5.74) is 0.573. The van der Waals surface area contributed by atoms with Crippen LogP contribution < -0.4 is 0 Å². The molecule has 0 unspecified atom stereocenters. The Morgan fingerprint density at radius 2 is 1.95 bits per heavy atom. The Bertz CT molecular complexity index is 740. The third kappa shape index (κ3) is 2.49. The molecule has 3 rings (SSSR count). The molecule has 5 heteroatoms. The first-order valence-electron chi connectivity index (χ1n) is 6.40. The van der Waals surface area contributed by atoms with Gasteiger partial charge in [0.1, 0.15) is 5.75 Å². The monoisotopic (exact) mass is 286 g/mol. The van der Waals surface area contributed by atoms with Crippen LogP contribution in [0.1, 0.15) is 12.7 Å². The summed E-state index contributed by atoms with van der Waals surface area (Å²) in [7, 11) is 0. The van der Waals surface area contributed by atoms with Crippen LogP contribution in [-0.4, -0.2) is 21.0 Å². The highest BCUT2D eigenvalue weighted by molar-refractivity contribution is 7.98. The lowest BCUT2D eigenvalue weighted by Gasteiger charge is -2.02. The van der Waals surface area contributed by atoms with Crippen LogP contribution in [0.5, 0.6) is 5.75 Å². The summed E-state index contributed by atoms with van der Waals surface area (Å²) in [6.45, 7) is 2.08. The van der Waals surface area contributed by atoms with Gasteiger partial charge in [0.2, 0.25) is 0 Å². The summed E-state index contributed by atoms with van der Waals surface area (Å²) in [6.07, 6.45) is 0. The van der Waals surface area contributed by atoms with Crippen molar-refractivity contribution in [2.24, 2.45) is 0 Å². The zero-order valence-electron chi connectivity index (χ0n) is 11.0. The Morgan fingerprint density at radius 1 is 1.20 bits per heavy atom. The van der Waals surface area contributed by atoms with Crippen LogP contribution in [0.25, 0.3) is 22.2 Å². The Labute approximate surface area is 120 Å². The normalized spacial score (nSPS) is 11.1. The third-order valence-corrected chi connectivity index (χ3v) is 3.87. The van der Waals surface area contributed by atoms with E-state index in [1.54, 1.807) is 17.8 Å². The molecular formula is C15H14N2O2S. The molecule has 0 fully saturated rings. The number of rotatable bonds is 4. The number of hydrogen-bond acceptors (Lipinski definition) is 5. The topological polar surface area (TPSA) is 59.2 Å². The van der Waals surface area contributed by atoms with E-state index < -0.39 is 0 Å². The molecule has 1 aromatic heterocycles. The smallest absolute Gasteiger partial charge is 0.261 e. The first-order chi connectivity index (χ1) is 9.78. The molecule has 102 valence electrons. The van der Waals surface area contributed by atoms with E-state index in [0.29, 0.717) is 23.0 Å². The number of hydrogen-bond donors (Lipinski definition) is 1. The minimum atomic E-state index is 0.155. The van der Waals surface area contributed by atoms with Crippen molar-refractivity contribution in [3.63, 3.8) is 0 Å². The molecule has 3 aromatic rings. The van der Waals surface area contributed by atoms with Gasteiger partial charge in [-0.15, -0.1) is 0 Å². The summed E-state index contributed by atoms with van der Waals surface area (Å²) in [5, 5.41) is 16.1. The quantitative estimate of drug-likeness (QED) is 0.789. The van der Waals surface area contributed by atoms with Crippen LogP contribution >= 0.6 is 11.8 Å². The van der Waals surface area contributed by atoms with Crippen LogP contribution in [0.15, 0.2) is 40.9 Å². The first kappa shape index (κ1) is 13.0. The highest BCUT2D eigenvalue weighted by Gasteiger charge is 2.13. The van der Waals surface area contributed by atoms with Crippen molar-refractivity contribution < 1.29 is 9.63 Å². The van der Waals surface area contributed by atoms with E-state index in [9.17, 15) is 5.11 Å². The molecule has 2 aromatic carbocycles. The van der Waals surface area contributed by atoms with Gasteiger partial charge < -0.3 is 9.63 Å². The molecule has 0 aliphatic rings. The van der Waals surface area contributed by atoms with Gasteiger partial charge in [0, 0.05) is 0 Å². The van der Waals surface area contributed by atoms with Gasteiger partial charge in [0.05, 0.1) is 11.3 Å². The second kappa shape index (κ2) is 5.54. The molecule has 1 N–H and O–H groups in total. The Kier molecular flexibility index (Phi) is 3.60. The van der Waals surface area contributed by atoms with Crippen LogP contribution in [0.2, 0.25) is 0 Å². The van der Waals surface area contributed by atoms with Crippen molar-refractivity contribution in [2.45, 2.75) is 12.7 Å². The highest BCUT2D eigenvalue weighted by atomic mass is 32.2. The maximum Gasteiger partial charge on any atom is 0.261 e. The molecular weight excluding hydrogens is 272 g/mol. The summed E-state index contributed by atoms with van der Waals surface area (Å²) in [5.74, 6) is 2.89. The molecule has 0 spiro atoms. The minimum Gasteiger partial charge on any atom is -0.507 e. The molecule has 20 heavy (non-hydrogen) atoms. The van der Waals surface area contributed by atoms with Crippen LogP contribution in [0.4, 0.5) is 0 Å². The van der Waals surface area contributed by atoms with Crippen LogP contribution in [0, 0.1) is 0 Å². The predicted octanol–water partition coefficient (Wildman–Crippen LogP) is 3.85. The Morgan fingerprint density at radius 3 is 2.70 bits per heavy atom. The number of benzene rings is 2. The fourth-order valence-corrected chi connectivity index (χ4v) is 2.52. The first-order valence-corrected chi connectivity index (χ1v) is 7.56. The number of fused-ring (bicyclic) bond motifs is 1. The fraction of sp³-hybridized carbons (Fsp3) is 0.200. The second-order valence-electron chi connectivity index (χ2n) is 4.37. The zero-order chi connectivity index (χ0) is 13.9. The van der Waals surface area contributed by atoms with Crippen molar-refractivity contribution in [2.75, 3.05) is 5.75 Å². The van der Waals surface area contributed by atoms with Crippen LogP contribution in [0.3, 0.4) is 0 Å². The van der Waals surface area contributed by atoms with E-state index in [0.717, 1.165) is 16.5 Å². The molecule has 1 heterocycles. The van der Waals surface area contributed by atoms with Gasteiger partial charge in [-0.1, -0.05) is 36.3 Å². The zero-order valence-corrected chi connectivity index (χ0v) is 11.9. The van der Waals surface area contributed by atoms with Gasteiger partial charge in [-0.25, -0.2) is 0 Å². The summed E-state index contributed by atoms with van der Waals surface area (Å²) >= 11 is 1.73. The van der Waals surface area contributed by atoms with Crippen molar-refractivity contribution in [3.8, 4) is 17.2 Å². The maximum atomic E-state index is 10.1. The van der Waals surface area contributed by atoms with E-state index in [-0.39, 0.29) is 5.75 Å². The molecule has 0 saturated carbocycles. The van der Waals surface area contributed by atoms with Crippen molar-refractivity contribution >= 4 is 22.5 Å². The van der Waals surface area contributed by atoms with E-state index >= 15 is 0 Å². The Hall–Kier alpha value is -2.01. The lowest BCUT2D eigenvalue weighted by Crippen LogP contribution is -1.85. The molecule has 0 amide bonds. The number of thioether (sulfide) groups is 1. The van der Waals surface area contributed by atoms with E-state index in [4.69, 9.17) is 4.52 Å². The number of aromatic hydroxyl groups is 1. The van der Waals surface area contributed by atoms with Crippen molar-refractivity contribution in [3.05, 3.63) is 42.2 Å². The fourth-order valence-electron chi connectivity index (χ4n) is 2.01. The average molecular weight is 286 g/mol. The lowest BCUT2D eigenvalue weighted by atomic mass is 10.1. The van der Waals surface area contributed by atoms with Gasteiger partial charge >= 0.3 is 0 Å². The third-order valence-electron chi connectivity index (χ3n) is 3.00. The second-order valence-corrected chi connectivity index (χ2v) is 5.64. The predicted molar refractivity (Wildman–Crippen MR) is 80.7 cm³/mol. The van der Waals surface area contributed by atoms with Gasteiger partial charge in [-0.3, -0.25) is 0 Å². The molecule has 0 aliphatic carbocycles. The maximum absolute atomic E-state index is 10.1. The largest absolute Gasteiger partial charge is 0.507 e. The average Bonchev–Trinajstić information content (AvgIpc) is 2.93. The minimum absolute atomic E-state index is 0.155. The standard InChI is InChI=1S/C15H14N2O2S/c1-2-20-9-14-16-15(19-17-14)12-7-10-5-3-4-6-11(10)8-13(12)18/h3-8,18H,2,9H2,1H3. The number of phenolic OH excluding ortho intramolecular Hbond substituents is 1. The van der Waals surface area contributed by atoms with Crippen LogP contribution in [-0.2, 0) is 5.75 Å². The van der Waals surface area contributed by atoms with E-state index in [1.807, 2.05) is 30.3 Å². The van der Waals surface area contributed by atoms with Gasteiger partial charge in [-0.2, -0.15) is 16.7 Å². The molecule has 0 saturated heterocycles. The molecule has 0 bridgehead atoms. The molecule has 0 aliphatic heterocycles. The highest BCUT2D eigenvalue weighted by Crippen LogP contribution is 2.32. The summed E-state index contributed by atoms with van der Waals surface area (Å²) < 4.78 is 5.24. The number of phenols is 1. The number of nitrogens with zero attached hydrogens (tertiary/aromatic N) is 2. The van der Waals surface area contributed by atoms with E-state index in [2.05, 4.69) is 17.1 Å².